The highest BCUT2D eigenvalue weighted by atomic mass is 32.2. The number of sulfonamides is 1. The minimum absolute atomic E-state index is 0.0447. The van der Waals surface area contributed by atoms with Crippen molar-refractivity contribution in [3.63, 3.8) is 0 Å². The standard InChI is InChI=1S/C18H21NO6S/c1-12(2)17(18(20)21)19-26(22,23)14-10-8-13(9-11-14)25-16-7-5-4-6-15(16)24-3/h4-12,17,19H,1-3H3,(H,20,21)/t17-/m0/s1. The average Bonchev–Trinajstić information content (AvgIpc) is 2.60. The van der Waals surface area contributed by atoms with Gasteiger partial charge in [0.1, 0.15) is 11.8 Å². The maximum absolute atomic E-state index is 12.4. The Labute approximate surface area is 152 Å². The van der Waals surface area contributed by atoms with Crippen molar-refractivity contribution in [2.45, 2.75) is 24.8 Å². The second kappa shape index (κ2) is 8.20. The van der Waals surface area contributed by atoms with Crippen molar-refractivity contribution in [2.75, 3.05) is 7.11 Å². The molecule has 7 nitrogen and oxygen atoms in total. The number of carboxylic acid groups (broad SMARTS) is 1. The highest BCUT2D eigenvalue weighted by Gasteiger charge is 2.28. The van der Waals surface area contributed by atoms with Crippen LogP contribution in [-0.4, -0.2) is 32.6 Å². The van der Waals surface area contributed by atoms with Crippen molar-refractivity contribution >= 4 is 16.0 Å². The van der Waals surface area contributed by atoms with E-state index in [4.69, 9.17) is 14.6 Å². The van der Waals surface area contributed by atoms with Gasteiger partial charge in [0.05, 0.1) is 12.0 Å². The van der Waals surface area contributed by atoms with Crippen molar-refractivity contribution in [3.8, 4) is 17.2 Å². The Bertz CT molecular complexity index is 862. The van der Waals surface area contributed by atoms with E-state index in [1.54, 1.807) is 38.1 Å². The summed E-state index contributed by atoms with van der Waals surface area (Å²) in [7, 11) is -2.44. The van der Waals surface area contributed by atoms with Crippen molar-refractivity contribution in [1.82, 2.24) is 4.72 Å². The van der Waals surface area contributed by atoms with Crippen LogP contribution in [0.3, 0.4) is 0 Å². The van der Waals surface area contributed by atoms with Gasteiger partial charge in [-0.3, -0.25) is 4.79 Å². The smallest absolute Gasteiger partial charge is 0.322 e. The number of ether oxygens (including phenoxy) is 2. The number of aliphatic carboxylic acids is 1. The first kappa shape index (κ1) is 19.7. The Morgan fingerprint density at radius 2 is 1.62 bits per heavy atom. The van der Waals surface area contributed by atoms with Gasteiger partial charge in [-0.2, -0.15) is 4.72 Å². The second-order valence-corrected chi connectivity index (χ2v) is 7.62. The number of carboxylic acids is 1. The van der Waals surface area contributed by atoms with Gasteiger partial charge >= 0.3 is 5.97 Å². The van der Waals surface area contributed by atoms with Gasteiger partial charge in [-0.05, 0) is 42.3 Å². The van der Waals surface area contributed by atoms with E-state index in [0.29, 0.717) is 17.2 Å². The number of benzene rings is 2. The highest BCUT2D eigenvalue weighted by Crippen LogP contribution is 2.31. The van der Waals surface area contributed by atoms with E-state index in [-0.39, 0.29) is 4.90 Å². The van der Waals surface area contributed by atoms with Crippen LogP contribution in [0.2, 0.25) is 0 Å². The first-order valence-corrected chi connectivity index (χ1v) is 9.39. The predicted molar refractivity (Wildman–Crippen MR) is 96.1 cm³/mol. The molecular formula is C18H21NO6S. The molecule has 0 fully saturated rings. The lowest BCUT2D eigenvalue weighted by Gasteiger charge is -2.18. The summed E-state index contributed by atoms with van der Waals surface area (Å²) in [5.41, 5.74) is 0. The van der Waals surface area contributed by atoms with Gasteiger partial charge in [0.2, 0.25) is 10.0 Å². The average molecular weight is 379 g/mol. The summed E-state index contributed by atoms with van der Waals surface area (Å²) in [6.45, 7) is 3.26. The lowest BCUT2D eigenvalue weighted by atomic mass is 10.1. The van der Waals surface area contributed by atoms with E-state index in [2.05, 4.69) is 4.72 Å². The van der Waals surface area contributed by atoms with Crippen molar-refractivity contribution in [1.29, 1.82) is 0 Å². The molecule has 2 rings (SSSR count). The first-order valence-electron chi connectivity index (χ1n) is 7.90. The molecule has 26 heavy (non-hydrogen) atoms. The molecule has 2 N–H and O–H groups in total. The van der Waals surface area contributed by atoms with E-state index in [1.807, 2.05) is 0 Å². The normalized spacial score (nSPS) is 12.6. The van der Waals surface area contributed by atoms with Crippen molar-refractivity contribution in [2.24, 2.45) is 5.92 Å². The second-order valence-electron chi connectivity index (χ2n) is 5.91. The molecular weight excluding hydrogens is 358 g/mol. The molecule has 2 aromatic rings. The molecule has 0 aliphatic heterocycles. The summed E-state index contributed by atoms with van der Waals surface area (Å²) in [4.78, 5) is 11.2. The molecule has 0 aliphatic carbocycles. The van der Waals surface area contributed by atoms with Gasteiger partial charge in [0, 0.05) is 0 Å². The minimum Gasteiger partial charge on any atom is -0.493 e. The van der Waals surface area contributed by atoms with E-state index < -0.39 is 28.0 Å². The third-order valence-electron chi connectivity index (χ3n) is 3.65. The molecule has 0 saturated heterocycles. The molecule has 0 heterocycles. The summed E-state index contributed by atoms with van der Waals surface area (Å²) < 4.78 is 37.9. The van der Waals surface area contributed by atoms with Gasteiger partial charge in [-0.25, -0.2) is 8.42 Å². The zero-order chi connectivity index (χ0) is 19.3. The maximum atomic E-state index is 12.4. The van der Waals surface area contributed by atoms with Crippen LogP contribution in [0.4, 0.5) is 0 Å². The number of nitrogens with one attached hydrogen (secondary N) is 1. The van der Waals surface area contributed by atoms with Gasteiger partial charge in [-0.1, -0.05) is 26.0 Å². The maximum Gasteiger partial charge on any atom is 0.322 e. The van der Waals surface area contributed by atoms with Crippen LogP contribution >= 0.6 is 0 Å². The van der Waals surface area contributed by atoms with E-state index >= 15 is 0 Å². The summed E-state index contributed by atoms with van der Waals surface area (Å²) in [6, 6.07) is 11.6. The quantitative estimate of drug-likeness (QED) is 0.731. The van der Waals surface area contributed by atoms with Gasteiger partial charge in [-0.15, -0.1) is 0 Å². The Hall–Kier alpha value is -2.58. The predicted octanol–water partition coefficient (Wildman–Crippen LogP) is 2.88. The number of carbonyl (C=O) groups is 1. The number of hydrogen-bond acceptors (Lipinski definition) is 5. The summed E-state index contributed by atoms with van der Waals surface area (Å²) in [5, 5.41) is 9.15. The third-order valence-corrected chi connectivity index (χ3v) is 5.10. The number of para-hydroxylation sites is 2. The van der Waals surface area contributed by atoms with Gasteiger partial charge < -0.3 is 14.6 Å². The molecule has 0 bridgehead atoms. The highest BCUT2D eigenvalue weighted by molar-refractivity contribution is 7.89. The Morgan fingerprint density at radius 3 is 2.12 bits per heavy atom. The number of rotatable bonds is 8. The van der Waals surface area contributed by atoms with Crippen LogP contribution in [0.25, 0.3) is 0 Å². The number of methoxy groups -OCH3 is 1. The minimum atomic E-state index is -3.96. The molecule has 0 aromatic heterocycles. The van der Waals surface area contributed by atoms with Crippen LogP contribution in [0, 0.1) is 5.92 Å². The molecule has 0 radical (unpaired) electrons. The molecule has 8 heteroatoms. The summed E-state index contributed by atoms with van der Waals surface area (Å²) in [5.74, 6) is -0.149. The fourth-order valence-electron chi connectivity index (χ4n) is 2.22. The van der Waals surface area contributed by atoms with Crippen molar-refractivity contribution < 1.29 is 27.8 Å². The summed E-state index contributed by atoms with van der Waals surface area (Å²) in [6.07, 6.45) is 0. The zero-order valence-electron chi connectivity index (χ0n) is 14.7. The molecule has 2 aromatic carbocycles. The molecule has 0 spiro atoms. The monoisotopic (exact) mass is 379 g/mol. The van der Waals surface area contributed by atoms with Crippen LogP contribution in [0.15, 0.2) is 53.4 Å². The van der Waals surface area contributed by atoms with Crippen LogP contribution in [0.5, 0.6) is 17.2 Å². The molecule has 140 valence electrons. The van der Waals surface area contributed by atoms with E-state index in [9.17, 15) is 13.2 Å². The third kappa shape index (κ3) is 4.74. The summed E-state index contributed by atoms with van der Waals surface area (Å²) >= 11 is 0. The number of hydrogen-bond donors (Lipinski definition) is 2. The SMILES string of the molecule is COc1ccccc1Oc1ccc(S(=O)(=O)N[C@H](C(=O)O)C(C)C)cc1. The van der Waals surface area contributed by atoms with Crippen LogP contribution < -0.4 is 14.2 Å². The lowest BCUT2D eigenvalue weighted by Crippen LogP contribution is -2.44. The molecule has 1 atom stereocenters. The largest absolute Gasteiger partial charge is 0.493 e. The molecule has 0 saturated carbocycles. The molecule has 0 aliphatic rings. The molecule has 0 unspecified atom stereocenters. The lowest BCUT2D eigenvalue weighted by molar-refractivity contribution is -0.140. The fraction of sp³-hybridized carbons (Fsp3) is 0.278. The van der Waals surface area contributed by atoms with Crippen LogP contribution in [0.1, 0.15) is 13.8 Å². The van der Waals surface area contributed by atoms with Gasteiger partial charge in [0.15, 0.2) is 11.5 Å². The zero-order valence-corrected chi connectivity index (χ0v) is 15.5. The Morgan fingerprint density at radius 1 is 1.04 bits per heavy atom. The van der Waals surface area contributed by atoms with Crippen LogP contribution in [-0.2, 0) is 14.8 Å². The topological polar surface area (TPSA) is 102 Å². The Kier molecular flexibility index (Phi) is 6.23. The van der Waals surface area contributed by atoms with Crippen molar-refractivity contribution in [3.05, 3.63) is 48.5 Å². The van der Waals surface area contributed by atoms with E-state index in [1.165, 1.54) is 31.4 Å². The van der Waals surface area contributed by atoms with Gasteiger partial charge in [0.25, 0.3) is 0 Å². The molecule has 0 amide bonds. The Balaban J connectivity index is 2.19. The fourth-order valence-corrected chi connectivity index (χ4v) is 3.56. The van der Waals surface area contributed by atoms with E-state index in [0.717, 1.165) is 0 Å². The first-order chi connectivity index (χ1) is 12.2.